The number of alkyl halides is 2. The van der Waals surface area contributed by atoms with E-state index in [1.165, 1.54) is 6.07 Å². The molecular formula is C15H16F2N4. The third-order valence-electron chi connectivity index (χ3n) is 3.55. The molecule has 4 nitrogen and oxygen atoms in total. The molecule has 1 N–H and O–H groups in total. The van der Waals surface area contributed by atoms with Crippen molar-refractivity contribution in [2.24, 2.45) is 0 Å². The molecule has 1 aliphatic heterocycles. The van der Waals surface area contributed by atoms with Gasteiger partial charge in [-0.2, -0.15) is 0 Å². The van der Waals surface area contributed by atoms with Gasteiger partial charge >= 0.3 is 0 Å². The summed E-state index contributed by atoms with van der Waals surface area (Å²) in [7, 11) is 0. The highest BCUT2D eigenvalue weighted by Crippen LogP contribution is 2.29. The quantitative estimate of drug-likeness (QED) is 0.943. The second-order valence-corrected chi connectivity index (χ2v) is 4.88. The van der Waals surface area contributed by atoms with Crippen LogP contribution in [0, 0.1) is 0 Å². The molecule has 1 aromatic carbocycles. The number of nitrogens with zero attached hydrogens (tertiary/aromatic N) is 3. The lowest BCUT2D eigenvalue weighted by Crippen LogP contribution is -2.43. The lowest BCUT2D eigenvalue weighted by molar-refractivity contribution is 0.152. The Kier molecular flexibility index (Phi) is 4.06. The van der Waals surface area contributed by atoms with E-state index in [0.717, 1.165) is 32.0 Å². The maximum Gasteiger partial charge on any atom is 0.264 e. The van der Waals surface area contributed by atoms with Gasteiger partial charge in [-0.3, -0.25) is 4.98 Å². The van der Waals surface area contributed by atoms with E-state index in [2.05, 4.69) is 20.2 Å². The van der Waals surface area contributed by atoms with E-state index in [1.54, 1.807) is 30.6 Å². The summed E-state index contributed by atoms with van der Waals surface area (Å²) in [6.45, 7) is 3.58. The predicted octanol–water partition coefficient (Wildman–Crippen LogP) is 2.49. The number of anilines is 1. The minimum Gasteiger partial charge on any atom is -0.353 e. The number of hydrogen-bond acceptors (Lipinski definition) is 4. The molecule has 2 aromatic rings. The van der Waals surface area contributed by atoms with Gasteiger partial charge in [-0.25, -0.2) is 13.8 Å². The van der Waals surface area contributed by atoms with Gasteiger partial charge in [0, 0.05) is 37.3 Å². The van der Waals surface area contributed by atoms with Crippen LogP contribution in [-0.4, -0.2) is 36.1 Å². The Morgan fingerprint density at radius 1 is 1.05 bits per heavy atom. The summed E-state index contributed by atoms with van der Waals surface area (Å²) in [5, 5.41) is 3.27. The van der Waals surface area contributed by atoms with Gasteiger partial charge in [0.25, 0.3) is 6.43 Å². The Balaban J connectivity index is 1.87. The molecule has 1 aromatic heterocycles. The van der Waals surface area contributed by atoms with Crippen LogP contribution in [0.25, 0.3) is 11.3 Å². The minimum atomic E-state index is -2.52. The molecule has 0 amide bonds. The molecule has 21 heavy (non-hydrogen) atoms. The van der Waals surface area contributed by atoms with Crippen LogP contribution in [0.1, 0.15) is 12.0 Å². The molecule has 0 atom stereocenters. The lowest BCUT2D eigenvalue weighted by Gasteiger charge is -2.28. The second-order valence-electron chi connectivity index (χ2n) is 4.88. The molecule has 0 saturated carbocycles. The third kappa shape index (κ3) is 3.00. The van der Waals surface area contributed by atoms with Crippen LogP contribution >= 0.6 is 0 Å². The zero-order chi connectivity index (χ0) is 14.7. The number of halogens is 2. The maximum atomic E-state index is 13.0. The van der Waals surface area contributed by atoms with E-state index in [0.29, 0.717) is 11.3 Å². The molecule has 1 saturated heterocycles. The first-order valence-corrected chi connectivity index (χ1v) is 6.91. The van der Waals surface area contributed by atoms with Gasteiger partial charge in [0.05, 0.1) is 18.1 Å². The van der Waals surface area contributed by atoms with Gasteiger partial charge in [0.15, 0.2) is 0 Å². The first-order chi connectivity index (χ1) is 10.3. The summed E-state index contributed by atoms with van der Waals surface area (Å²) in [6.07, 6.45) is 0.706. The van der Waals surface area contributed by atoms with Crippen molar-refractivity contribution in [3.63, 3.8) is 0 Å². The Labute approximate surface area is 121 Å². The van der Waals surface area contributed by atoms with Gasteiger partial charge in [-0.15, -0.1) is 0 Å². The Morgan fingerprint density at radius 2 is 1.81 bits per heavy atom. The Bertz CT molecular complexity index is 595. The summed E-state index contributed by atoms with van der Waals surface area (Å²) >= 11 is 0. The fraction of sp³-hybridized carbons (Fsp3) is 0.333. The highest BCUT2D eigenvalue weighted by Gasteiger charge is 2.16. The van der Waals surface area contributed by atoms with Crippen molar-refractivity contribution in [1.82, 2.24) is 15.3 Å². The van der Waals surface area contributed by atoms with Crippen molar-refractivity contribution in [1.29, 1.82) is 0 Å². The molecule has 3 rings (SSSR count). The van der Waals surface area contributed by atoms with Crippen molar-refractivity contribution in [3.8, 4) is 11.3 Å². The van der Waals surface area contributed by atoms with E-state index in [-0.39, 0.29) is 5.56 Å². The van der Waals surface area contributed by atoms with Crippen LogP contribution in [0.5, 0.6) is 0 Å². The molecule has 0 bridgehead atoms. The lowest BCUT2D eigenvalue weighted by atomic mass is 10.1. The van der Waals surface area contributed by atoms with E-state index >= 15 is 0 Å². The van der Waals surface area contributed by atoms with E-state index in [9.17, 15) is 8.78 Å². The third-order valence-corrected chi connectivity index (χ3v) is 3.55. The Morgan fingerprint density at radius 3 is 2.48 bits per heavy atom. The smallest absolute Gasteiger partial charge is 0.264 e. The highest BCUT2D eigenvalue weighted by atomic mass is 19.3. The summed E-state index contributed by atoms with van der Waals surface area (Å²) in [4.78, 5) is 10.8. The fourth-order valence-electron chi connectivity index (χ4n) is 2.44. The topological polar surface area (TPSA) is 41.1 Å². The summed E-state index contributed by atoms with van der Waals surface area (Å²) in [5.41, 5.74) is 0.901. The van der Waals surface area contributed by atoms with Gasteiger partial charge in [0.2, 0.25) is 0 Å². The number of benzene rings is 1. The van der Waals surface area contributed by atoms with E-state index < -0.39 is 6.43 Å². The van der Waals surface area contributed by atoms with Gasteiger partial charge in [0.1, 0.15) is 5.82 Å². The molecule has 0 spiro atoms. The first kappa shape index (κ1) is 13.9. The van der Waals surface area contributed by atoms with Gasteiger partial charge < -0.3 is 10.2 Å². The van der Waals surface area contributed by atoms with E-state index in [4.69, 9.17) is 0 Å². The van der Waals surface area contributed by atoms with Crippen molar-refractivity contribution < 1.29 is 8.78 Å². The van der Waals surface area contributed by atoms with Crippen LogP contribution in [0.3, 0.4) is 0 Å². The second kappa shape index (κ2) is 6.13. The van der Waals surface area contributed by atoms with Crippen molar-refractivity contribution in [2.75, 3.05) is 31.1 Å². The average Bonchev–Trinajstić information content (AvgIpc) is 2.56. The molecule has 6 heteroatoms. The van der Waals surface area contributed by atoms with Crippen LogP contribution in [0.2, 0.25) is 0 Å². The molecule has 0 unspecified atom stereocenters. The van der Waals surface area contributed by atoms with Gasteiger partial charge in [-0.1, -0.05) is 24.3 Å². The SMILES string of the molecule is FC(F)c1ccccc1-c1cnc(N2CCNCC2)cn1. The number of hydrogen-bond donors (Lipinski definition) is 1. The Hall–Kier alpha value is -2.08. The fourth-order valence-corrected chi connectivity index (χ4v) is 2.44. The molecule has 1 fully saturated rings. The number of aromatic nitrogens is 2. The summed E-state index contributed by atoms with van der Waals surface area (Å²) < 4.78 is 26.0. The van der Waals surface area contributed by atoms with Gasteiger partial charge in [-0.05, 0) is 0 Å². The van der Waals surface area contributed by atoms with Crippen molar-refractivity contribution >= 4 is 5.82 Å². The first-order valence-electron chi connectivity index (χ1n) is 6.91. The predicted molar refractivity (Wildman–Crippen MR) is 77.5 cm³/mol. The average molecular weight is 290 g/mol. The molecule has 0 aliphatic carbocycles. The van der Waals surface area contributed by atoms with Crippen LogP contribution in [0.4, 0.5) is 14.6 Å². The summed E-state index contributed by atoms with van der Waals surface area (Å²) in [6, 6.07) is 6.41. The molecule has 2 heterocycles. The van der Waals surface area contributed by atoms with Crippen molar-refractivity contribution in [3.05, 3.63) is 42.2 Å². The highest BCUT2D eigenvalue weighted by molar-refractivity contribution is 5.63. The van der Waals surface area contributed by atoms with E-state index in [1.807, 2.05) is 0 Å². The van der Waals surface area contributed by atoms with Crippen LogP contribution < -0.4 is 10.2 Å². The number of nitrogens with one attached hydrogen (secondary N) is 1. The molecular weight excluding hydrogens is 274 g/mol. The van der Waals surface area contributed by atoms with Crippen LogP contribution in [-0.2, 0) is 0 Å². The number of piperazine rings is 1. The minimum absolute atomic E-state index is 0.0123. The number of rotatable bonds is 3. The largest absolute Gasteiger partial charge is 0.353 e. The normalized spacial score (nSPS) is 15.5. The molecule has 1 aliphatic rings. The van der Waals surface area contributed by atoms with Crippen molar-refractivity contribution in [2.45, 2.75) is 6.43 Å². The summed E-state index contributed by atoms with van der Waals surface area (Å²) in [5.74, 6) is 0.787. The monoisotopic (exact) mass is 290 g/mol. The maximum absolute atomic E-state index is 13.0. The van der Waals surface area contributed by atoms with Crippen LogP contribution in [0.15, 0.2) is 36.7 Å². The standard InChI is InChI=1S/C15H16F2N4/c16-15(17)12-4-2-1-3-11(12)13-9-20-14(10-19-13)21-7-5-18-6-8-21/h1-4,9-10,15,18H,5-8H2. The zero-order valence-corrected chi connectivity index (χ0v) is 11.5. The molecule has 0 radical (unpaired) electrons. The molecule has 110 valence electrons. The zero-order valence-electron chi connectivity index (χ0n) is 11.5.